The van der Waals surface area contributed by atoms with Crippen LogP contribution in [0, 0.1) is 0 Å². The summed E-state index contributed by atoms with van der Waals surface area (Å²) in [7, 11) is -4.93. The maximum Gasteiger partial charge on any atom is 0.416 e. The molecule has 178 valence electrons. The van der Waals surface area contributed by atoms with Crippen molar-refractivity contribution >= 4 is 25.5 Å². The summed E-state index contributed by atoms with van der Waals surface area (Å²) in [5.41, 5.74) is -1.18. The van der Waals surface area contributed by atoms with Crippen LogP contribution in [-0.2, 0) is 33.1 Å². The van der Waals surface area contributed by atoms with Gasteiger partial charge in [0.2, 0.25) is 10.0 Å². The first-order valence-corrected chi connectivity index (χ1v) is 12.8. The monoisotopic (exact) mass is 504 g/mol. The molecule has 0 aliphatic rings. The standard InChI is InChI=1S/C18H19F3N6O4S2/c1-5-33(30,31)14-9-12(27(3)32(4,28)29)10-23-15(14)17-25-24-16(26(17)2)13-8-11(6-7-22-13)18(19,20)21/h6-10H,5H2,1-4H3. The van der Waals surface area contributed by atoms with Crippen molar-refractivity contribution in [3.63, 3.8) is 0 Å². The molecule has 0 unspecified atom stereocenters. The molecule has 0 amide bonds. The van der Waals surface area contributed by atoms with Gasteiger partial charge in [-0.15, -0.1) is 10.2 Å². The second-order valence-electron chi connectivity index (χ2n) is 7.01. The molecule has 0 saturated heterocycles. The van der Waals surface area contributed by atoms with E-state index in [1.165, 1.54) is 25.6 Å². The Morgan fingerprint density at radius 1 is 1.06 bits per heavy atom. The highest BCUT2D eigenvalue weighted by atomic mass is 32.2. The molecule has 15 heteroatoms. The van der Waals surface area contributed by atoms with E-state index < -0.39 is 31.6 Å². The molecule has 0 fully saturated rings. The Kier molecular flexibility index (Phi) is 6.23. The summed E-state index contributed by atoms with van der Waals surface area (Å²) in [6.45, 7) is 1.40. The topological polar surface area (TPSA) is 128 Å². The lowest BCUT2D eigenvalue weighted by Crippen LogP contribution is -2.25. The lowest BCUT2D eigenvalue weighted by molar-refractivity contribution is -0.137. The molecule has 0 saturated carbocycles. The molecule has 0 aromatic carbocycles. The number of sulfonamides is 1. The van der Waals surface area contributed by atoms with Crippen molar-refractivity contribution in [2.75, 3.05) is 23.4 Å². The molecule has 0 spiro atoms. The van der Waals surface area contributed by atoms with Crippen LogP contribution in [0.3, 0.4) is 0 Å². The van der Waals surface area contributed by atoms with Gasteiger partial charge in [-0.3, -0.25) is 9.29 Å². The van der Waals surface area contributed by atoms with Crippen molar-refractivity contribution in [1.82, 2.24) is 24.7 Å². The molecule has 3 aromatic heterocycles. The van der Waals surface area contributed by atoms with E-state index in [1.54, 1.807) is 0 Å². The number of anilines is 1. The predicted molar refractivity (Wildman–Crippen MR) is 113 cm³/mol. The highest BCUT2D eigenvalue weighted by molar-refractivity contribution is 7.92. The first kappa shape index (κ1) is 24.6. The number of aromatic nitrogens is 5. The molecule has 3 aromatic rings. The van der Waals surface area contributed by atoms with Crippen molar-refractivity contribution in [1.29, 1.82) is 0 Å². The van der Waals surface area contributed by atoms with Crippen molar-refractivity contribution in [2.45, 2.75) is 18.0 Å². The summed E-state index contributed by atoms with van der Waals surface area (Å²) in [6.07, 6.45) is -1.51. The van der Waals surface area contributed by atoms with E-state index in [0.29, 0.717) is 0 Å². The van der Waals surface area contributed by atoms with Gasteiger partial charge in [-0.05, 0) is 18.2 Å². The van der Waals surface area contributed by atoms with Gasteiger partial charge in [0.15, 0.2) is 21.5 Å². The molecular weight excluding hydrogens is 485 g/mol. The number of hydrogen-bond acceptors (Lipinski definition) is 8. The lowest BCUT2D eigenvalue weighted by atomic mass is 10.2. The van der Waals surface area contributed by atoms with Gasteiger partial charge < -0.3 is 4.57 Å². The minimum atomic E-state index is -4.59. The molecule has 0 radical (unpaired) electrons. The smallest absolute Gasteiger partial charge is 0.307 e. The Hall–Kier alpha value is -3.07. The third-order valence-corrected chi connectivity index (χ3v) is 7.76. The summed E-state index contributed by atoms with van der Waals surface area (Å²) in [6, 6.07) is 2.76. The van der Waals surface area contributed by atoms with E-state index in [9.17, 15) is 30.0 Å². The molecule has 0 N–H and O–H groups in total. The SMILES string of the molecule is CCS(=O)(=O)c1cc(N(C)S(C)(=O)=O)cnc1-c1nnc(-c2cc(C(F)(F)F)ccn2)n1C. The zero-order valence-corrected chi connectivity index (χ0v) is 19.5. The molecule has 0 bridgehead atoms. The van der Waals surface area contributed by atoms with Gasteiger partial charge in [0.05, 0.1) is 34.4 Å². The molecule has 33 heavy (non-hydrogen) atoms. The average Bonchev–Trinajstić information content (AvgIpc) is 3.12. The number of nitrogens with zero attached hydrogens (tertiary/aromatic N) is 6. The predicted octanol–water partition coefficient (Wildman–Crippen LogP) is 2.15. The minimum Gasteiger partial charge on any atom is -0.307 e. The fourth-order valence-corrected chi connectivity index (χ4v) is 4.38. The minimum absolute atomic E-state index is 0.00946. The van der Waals surface area contributed by atoms with E-state index in [-0.39, 0.29) is 39.4 Å². The first-order valence-electron chi connectivity index (χ1n) is 9.27. The van der Waals surface area contributed by atoms with Crippen LogP contribution in [0.15, 0.2) is 35.5 Å². The van der Waals surface area contributed by atoms with Gasteiger partial charge in [-0.1, -0.05) is 6.92 Å². The van der Waals surface area contributed by atoms with Gasteiger partial charge >= 0.3 is 6.18 Å². The van der Waals surface area contributed by atoms with Crippen LogP contribution in [0.4, 0.5) is 18.9 Å². The second-order valence-corrected chi connectivity index (χ2v) is 11.3. The summed E-state index contributed by atoms with van der Waals surface area (Å²) in [5, 5.41) is 7.79. The van der Waals surface area contributed by atoms with Crippen LogP contribution in [0.2, 0.25) is 0 Å². The summed E-state index contributed by atoms with van der Waals surface area (Å²) in [4.78, 5) is 7.73. The summed E-state index contributed by atoms with van der Waals surface area (Å²) >= 11 is 0. The van der Waals surface area contributed by atoms with Crippen molar-refractivity contribution in [3.05, 3.63) is 36.2 Å². The molecule has 0 atom stereocenters. The van der Waals surface area contributed by atoms with Crippen molar-refractivity contribution in [2.24, 2.45) is 7.05 Å². The van der Waals surface area contributed by atoms with Crippen LogP contribution in [0.1, 0.15) is 12.5 Å². The van der Waals surface area contributed by atoms with Gasteiger partial charge in [0.1, 0.15) is 11.4 Å². The Morgan fingerprint density at radius 2 is 1.70 bits per heavy atom. The van der Waals surface area contributed by atoms with Crippen LogP contribution in [0.25, 0.3) is 23.0 Å². The maximum atomic E-state index is 13.1. The maximum absolute atomic E-state index is 13.1. The fraction of sp³-hybridized carbons (Fsp3) is 0.333. The molecular formula is C18H19F3N6O4S2. The van der Waals surface area contributed by atoms with Crippen molar-refractivity contribution < 1.29 is 30.0 Å². The van der Waals surface area contributed by atoms with Crippen molar-refractivity contribution in [3.8, 4) is 23.0 Å². The Labute approximate surface area is 188 Å². The molecule has 3 heterocycles. The quantitative estimate of drug-likeness (QED) is 0.500. The van der Waals surface area contributed by atoms with Crippen LogP contribution < -0.4 is 4.31 Å². The van der Waals surface area contributed by atoms with Gasteiger partial charge in [-0.2, -0.15) is 13.2 Å². The van der Waals surface area contributed by atoms with Gasteiger partial charge in [0, 0.05) is 20.3 Å². The molecule has 3 rings (SSSR count). The van der Waals surface area contributed by atoms with E-state index in [0.717, 1.165) is 41.2 Å². The summed E-state index contributed by atoms with van der Waals surface area (Å²) in [5.74, 6) is -0.409. The third kappa shape index (κ3) is 4.83. The molecule has 0 aliphatic heterocycles. The van der Waals surface area contributed by atoms with E-state index in [4.69, 9.17) is 0 Å². The fourth-order valence-electron chi connectivity index (χ4n) is 2.85. The first-order chi connectivity index (χ1) is 15.2. The van der Waals surface area contributed by atoms with Gasteiger partial charge in [-0.25, -0.2) is 21.8 Å². The number of sulfone groups is 1. The number of halogens is 3. The van der Waals surface area contributed by atoms with Crippen LogP contribution >= 0.6 is 0 Å². The third-order valence-electron chi connectivity index (χ3n) is 4.82. The average molecular weight is 505 g/mol. The normalized spacial score (nSPS) is 12.7. The number of alkyl halides is 3. The number of pyridine rings is 2. The van der Waals surface area contributed by atoms with E-state index in [1.807, 2.05) is 0 Å². The van der Waals surface area contributed by atoms with Crippen LogP contribution in [0.5, 0.6) is 0 Å². The Morgan fingerprint density at radius 3 is 2.27 bits per heavy atom. The zero-order valence-electron chi connectivity index (χ0n) is 17.9. The highest BCUT2D eigenvalue weighted by Crippen LogP contribution is 2.33. The van der Waals surface area contributed by atoms with E-state index in [2.05, 4.69) is 20.2 Å². The van der Waals surface area contributed by atoms with Crippen LogP contribution in [-0.4, -0.2) is 60.6 Å². The zero-order chi connectivity index (χ0) is 24.8. The largest absolute Gasteiger partial charge is 0.416 e. The second kappa shape index (κ2) is 8.37. The lowest BCUT2D eigenvalue weighted by Gasteiger charge is -2.18. The van der Waals surface area contributed by atoms with E-state index >= 15 is 0 Å². The van der Waals surface area contributed by atoms with Gasteiger partial charge in [0.25, 0.3) is 0 Å². The summed E-state index contributed by atoms with van der Waals surface area (Å²) < 4.78 is 90.6. The number of hydrogen-bond donors (Lipinski definition) is 0. The molecule has 0 aliphatic carbocycles. The Balaban J connectivity index is 2.20. The highest BCUT2D eigenvalue weighted by Gasteiger charge is 2.32. The number of rotatable bonds is 6. The molecule has 10 nitrogen and oxygen atoms in total. The Bertz CT molecular complexity index is 1420.